The van der Waals surface area contributed by atoms with Crippen molar-refractivity contribution in [2.45, 2.75) is 5.92 Å². The summed E-state index contributed by atoms with van der Waals surface area (Å²) in [4.78, 5) is 30.2. The van der Waals surface area contributed by atoms with Gasteiger partial charge in [-0.15, -0.1) is 11.3 Å². The lowest BCUT2D eigenvalue weighted by Gasteiger charge is -2.19. The predicted molar refractivity (Wildman–Crippen MR) is 120 cm³/mol. The Morgan fingerprint density at radius 3 is 1.97 bits per heavy atom. The minimum Gasteiger partial charge on any atom is -0.325 e. The average molecular weight is 414 g/mol. The molecule has 5 nitrogen and oxygen atoms in total. The molecule has 0 unspecified atom stereocenters. The Balaban J connectivity index is 1.63. The molecule has 0 radical (unpaired) electrons. The number of anilines is 2. The zero-order chi connectivity index (χ0) is 20.8. The molecule has 0 bridgehead atoms. The van der Waals surface area contributed by atoms with Crippen molar-refractivity contribution in [3.8, 4) is 0 Å². The number of hydrogen-bond acceptors (Lipinski definition) is 4. The molecule has 2 N–H and O–H groups in total. The molecule has 4 aromatic rings. The van der Waals surface area contributed by atoms with E-state index >= 15 is 0 Å². The van der Waals surface area contributed by atoms with Crippen molar-refractivity contribution < 1.29 is 9.59 Å². The number of carbonyl (C=O) groups excluding carboxylic acids is 2. The van der Waals surface area contributed by atoms with Gasteiger partial charge in [0.25, 0.3) is 5.91 Å². The average Bonchev–Trinajstić information content (AvgIpc) is 3.29. The molecular formula is C24H19N3O2S. The molecular weight excluding hydrogens is 394 g/mol. The van der Waals surface area contributed by atoms with E-state index < -0.39 is 5.92 Å². The fourth-order valence-corrected chi connectivity index (χ4v) is 3.75. The molecule has 0 atom stereocenters. The van der Waals surface area contributed by atoms with Crippen LogP contribution in [0.1, 0.15) is 27.4 Å². The molecule has 1 aromatic heterocycles. The maximum atomic E-state index is 13.4. The predicted octanol–water partition coefficient (Wildman–Crippen LogP) is 5.17. The maximum Gasteiger partial charge on any atom is 0.259 e. The Hall–Kier alpha value is -3.77. The van der Waals surface area contributed by atoms with Crippen molar-refractivity contribution in [2.24, 2.45) is 0 Å². The Morgan fingerprint density at radius 2 is 1.37 bits per heavy atom. The number of benzene rings is 3. The lowest BCUT2D eigenvalue weighted by atomic mass is 9.90. The molecule has 6 heteroatoms. The third-order valence-electron chi connectivity index (χ3n) is 4.61. The second-order valence-corrected chi connectivity index (χ2v) is 7.48. The molecule has 0 aliphatic carbocycles. The van der Waals surface area contributed by atoms with Crippen LogP contribution in [-0.2, 0) is 4.79 Å². The summed E-state index contributed by atoms with van der Waals surface area (Å²) in [7, 11) is 0. The van der Waals surface area contributed by atoms with Crippen molar-refractivity contribution in [1.82, 2.24) is 4.98 Å². The summed E-state index contributed by atoms with van der Waals surface area (Å²) >= 11 is 1.33. The van der Waals surface area contributed by atoms with Gasteiger partial charge in [0.15, 0.2) is 5.13 Å². The molecule has 0 fully saturated rings. The molecule has 0 aliphatic heterocycles. The largest absolute Gasteiger partial charge is 0.325 e. The van der Waals surface area contributed by atoms with Crippen LogP contribution in [0.15, 0.2) is 96.5 Å². The summed E-state index contributed by atoms with van der Waals surface area (Å²) in [5, 5.41) is 8.01. The van der Waals surface area contributed by atoms with Gasteiger partial charge in [-0.05, 0) is 23.3 Å². The number of aromatic nitrogens is 1. The quantitative estimate of drug-likeness (QED) is 0.458. The molecule has 148 valence electrons. The van der Waals surface area contributed by atoms with Crippen LogP contribution in [0.2, 0.25) is 0 Å². The molecule has 1 heterocycles. The van der Waals surface area contributed by atoms with Crippen LogP contribution in [-0.4, -0.2) is 16.8 Å². The van der Waals surface area contributed by atoms with Crippen LogP contribution in [0.4, 0.5) is 10.8 Å². The Labute approximate surface area is 178 Å². The molecule has 2 amide bonds. The van der Waals surface area contributed by atoms with E-state index in [2.05, 4.69) is 15.6 Å². The zero-order valence-electron chi connectivity index (χ0n) is 16.0. The normalized spacial score (nSPS) is 10.6. The lowest BCUT2D eigenvalue weighted by Crippen LogP contribution is -2.24. The van der Waals surface area contributed by atoms with Crippen molar-refractivity contribution >= 4 is 34.0 Å². The summed E-state index contributed by atoms with van der Waals surface area (Å²) in [6.07, 6.45) is 1.62. The molecule has 30 heavy (non-hydrogen) atoms. The van der Waals surface area contributed by atoms with E-state index in [9.17, 15) is 9.59 Å². The molecule has 4 rings (SSSR count). The first-order chi connectivity index (χ1) is 14.7. The fourth-order valence-electron chi connectivity index (χ4n) is 3.23. The first-order valence-electron chi connectivity index (χ1n) is 9.43. The fraction of sp³-hybridized carbons (Fsp3) is 0.0417. The number of nitrogens with zero attached hydrogens (tertiary/aromatic N) is 1. The van der Waals surface area contributed by atoms with E-state index in [0.717, 1.165) is 11.1 Å². The summed E-state index contributed by atoms with van der Waals surface area (Å²) in [5.41, 5.74) is 2.59. The second-order valence-electron chi connectivity index (χ2n) is 6.58. The van der Waals surface area contributed by atoms with Gasteiger partial charge < -0.3 is 5.32 Å². The zero-order valence-corrected chi connectivity index (χ0v) is 16.8. The molecule has 0 saturated carbocycles. The smallest absolute Gasteiger partial charge is 0.259 e. The molecule has 3 aromatic carbocycles. The van der Waals surface area contributed by atoms with E-state index in [1.165, 1.54) is 11.3 Å². The maximum absolute atomic E-state index is 13.4. The van der Waals surface area contributed by atoms with Gasteiger partial charge in [-0.2, -0.15) is 0 Å². The number of hydrogen-bond donors (Lipinski definition) is 2. The van der Waals surface area contributed by atoms with Gasteiger partial charge in [-0.25, -0.2) is 4.98 Å². The van der Waals surface area contributed by atoms with Gasteiger partial charge in [0.2, 0.25) is 5.91 Å². The van der Waals surface area contributed by atoms with Crippen LogP contribution >= 0.6 is 11.3 Å². The highest BCUT2D eigenvalue weighted by molar-refractivity contribution is 7.13. The number of carbonyl (C=O) groups is 2. The standard InChI is InChI=1S/C24H19N3O2S/c28-22(27-24-25-15-16-30-24)19-13-7-8-14-20(19)26-23(29)21(17-9-3-1-4-10-17)18-11-5-2-6-12-18/h1-16,21H,(H,26,29)(H,25,27,28). The summed E-state index contributed by atoms with van der Waals surface area (Å²) in [6, 6.07) is 26.1. The molecule has 0 aliphatic rings. The number of rotatable bonds is 6. The first kappa shape index (κ1) is 19.5. The summed E-state index contributed by atoms with van der Waals surface area (Å²) < 4.78 is 0. The molecule has 0 spiro atoms. The van der Waals surface area contributed by atoms with E-state index in [-0.39, 0.29) is 11.8 Å². The monoisotopic (exact) mass is 413 g/mol. The minimum atomic E-state index is -0.498. The summed E-state index contributed by atoms with van der Waals surface area (Å²) in [6.45, 7) is 0. The number of nitrogens with one attached hydrogen (secondary N) is 2. The second kappa shape index (κ2) is 9.15. The van der Waals surface area contributed by atoms with Crippen LogP contribution in [0.25, 0.3) is 0 Å². The third kappa shape index (κ3) is 4.45. The highest BCUT2D eigenvalue weighted by Crippen LogP contribution is 2.27. The SMILES string of the molecule is O=C(Nc1nccs1)c1ccccc1NC(=O)C(c1ccccc1)c1ccccc1. The third-order valence-corrected chi connectivity index (χ3v) is 5.30. The first-order valence-corrected chi connectivity index (χ1v) is 10.3. The van der Waals surface area contributed by atoms with Gasteiger partial charge in [0.05, 0.1) is 17.2 Å². The number of para-hydroxylation sites is 1. The Morgan fingerprint density at radius 1 is 0.767 bits per heavy atom. The van der Waals surface area contributed by atoms with Crippen LogP contribution in [0.3, 0.4) is 0 Å². The summed E-state index contributed by atoms with van der Waals surface area (Å²) in [5.74, 6) is -1.03. The van der Waals surface area contributed by atoms with Gasteiger partial charge in [0, 0.05) is 11.6 Å². The number of thiazole rings is 1. The van der Waals surface area contributed by atoms with Crippen molar-refractivity contribution in [2.75, 3.05) is 10.6 Å². The van der Waals surface area contributed by atoms with Crippen molar-refractivity contribution in [3.05, 3.63) is 113 Å². The molecule has 0 saturated heterocycles. The van der Waals surface area contributed by atoms with Gasteiger partial charge >= 0.3 is 0 Å². The Kier molecular flexibility index (Phi) is 5.96. The van der Waals surface area contributed by atoms with Crippen LogP contribution in [0, 0.1) is 0 Å². The lowest BCUT2D eigenvalue weighted by molar-refractivity contribution is -0.116. The van der Waals surface area contributed by atoms with Gasteiger partial charge in [-0.1, -0.05) is 72.8 Å². The van der Waals surface area contributed by atoms with Crippen LogP contribution in [0.5, 0.6) is 0 Å². The highest BCUT2D eigenvalue weighted by Gasteiger charge is 2.24. The Bertz CT molecular complexity index is 1090. The minimum absolute atomic E-state index is 0.207. The topological polar surface area (TPSA) is 71.1 Å². The van der Waals surface area contributed by atoms with E-state index in [0.29, 0.717) is 16.4 Å². The van der Waals surface area contributed by atoms with E-state index in [1.807, 2.05) is 60.7 Å². The van der Waals surface area contributed by atoms with E-state index in [4.69, 9.17) is 0 Å². The van der Waals surface area contributed by atoms with E-state index in [1.54, 1.807) is 35.8 Å². The highest BCUT2D eigenvalue weighted by atomic mass is 32.1. The van der Waals surface area contributed by atoms with Crippen LogP contribution < -0.4 is 10.6 Å². The van der Waals surface area contributed by atoms with Crippen molar-refractivity contribution in [1.29, 1.82) is 0 Å². The van der Waals surface area contributed by atoms with Gasteiger partial charge in [0.1, 0.15) is 0 Å². The van der Waals surface area contributed by atoms with Gasteiger partial charge in [-0.3, -0.25) is 14.9 Å². The number of amides is 2. The van der Waals surface area contributed by atoms with Crippen molar-refractivity contribution in [3.63, 3.8) is 0 Å².